The van der Waals surface area contributed by atoms with Crippen molar-refractivity contribution in [3.8, 4) is 17.0 Å². The SMILES string of the molecule is O=C(O)c1ccc(Cn2nc(-c3cc(Cl)cc(Cl)c3)cc2C(=O)Nc2cc(F)c(F)cc2O)cc1. The highest BCUT2D eigenvalue weighted by Crippen LogP contribution is 2.29. The predicted octanol–water partition coefficient (Wildman–Crippen LogP) is 5.84. The van der Waals surface area contributed by atoms with Crippen LogP contribution in [-0.2, 0) is 6.54 Å². The second-order valence-electron chi connectivity index (χ2n) is 7.47. The number of halogens is 4. The highest BCUT2D eigenvalue weighted by atomic mass is 35.5. The number of hydrogen-bond acceptors (Lipinski definition) is 4. The first-order valence-electron chi connectivity index (χ1n) is 9.96. The van der Waals surface area contributed by atoms with Gasteiger partial charge in [-0.2, -0.15) is 5.10 Å². The number of carbonyl (C=O) groups is 2. The zero-order valence-electron chi connectivity index (χ0n) is 17.6. The lowest BCUT2D eigenvalue weighted by Crippen LogP contribution is -2.18. The van der Waals surface area contributed by atoms with Crippen LogP contribution in [0.1, 0.15) is 26.4 Å². The number of aromatic nitrogens is 2. The molecule has 0 spiro atoms. The third-order valence-corrected chi connectivity index (χ3v) is 5.43. The summed E-state index contributed by atoms with van der Waals surface area (Å²) in [6.45, 7) is 0.0702. The summed E-state index contributed by atoms with van der Waals surface area (Å²) in [6, 6.07) is 13.4. The average Bonchev–Trinajstić information content (AvgIpc) is 3.21. The van der Waals surface area contributed by atoms with E-state index in [2.05, 4.69) is 10.4 Å². The first-order chi connectivity index (χ1) is 16.6. The quantitative estimate of drug-likeness (QED) is 0.278. The third-order valence-electron chi connectivity index (χ3n) is 4.99. The third kappa shape index (κ3) is 5.42. The molecule has 178 valence electrons. The van der Waals surface area contributed by atoms with Gasteiger partial charge in [0.2, 0.25) is 0 Å². The molecule has 0 saturated carbocycles. The molecule has 0 atom stereocenters. The molecule has 11 heteroatoms. The zero-order valence-corrected chi connectivity index (χ0v) is 19.1. The molecule has 1 amide bonds. The number of hydrogen-bond donors (Lipinski definition) is 3. The normalized spacial score (nSPS) is 10.9. The van der Waals surface area contributed by atoms with E-state index in [1.54, 1.807) is 24.3 Å². The molecular formula is C24H15Cl2F2N3O4. The van der Waals surface area contributed by atoms with Gasteiger partial charge in [-0.1, -0.05) is 35.3 Å². The van der Waals surface area contributed by atoms with Gasteiger partial charge in [-0.3, -0.25) is 9.48 Å². The topological polar surface area (TPSA) is 104 Å². The largest absolute Gasteiger partial charge is 0.506 e. The summed E-state index contributed by atoms with van der Waals surface area (Å²) in [4.78, 5) is 24.2. The maximum Gasteiger partial charge on any atom is 0.335 e. The first kappa shape index (κ1) is 24.2. The Morgan fingerprint density at radius 3 is 2.20 bits per heavy atom. The Labute approximate surface area is 207 Å². The maximum atomic E-state index is 13.6. The Morgan fingerprint density at radius 1 is 0.943 bits per heavy atom. The van der Waals surface area contributed by atoms with Crippen molar-refractivity contribution in [1.29, 1.82) is 0 Å². The Hall–Kier alpha value is -3.95. The molecule has 0 aliphatic heterocycles. The Balaban J connectivity index is 1.73. The number of phenols is 1. The van der Waals surface area contributed by atoms with Crippen LogP contribution < -0.4 is 5.32 Å². The summed E-state index contributed by atoms with van der Waals surface area (Å²) in [5, 5.41) is 26.5. The molecule has 0 fully saturated rings. The number of rotatable bonds is 6. The van der Waals surface area contributed by atoms with Crippen molar-refractivity contribution >= 4 is 40.8 Å². The van der Waals surface area contributed by atoms with E-state index < -0.39 is 29.3 Å². The lowest BCUT2D eigenvalue weighted by molar-refractivity contribution is 0.0696. The van der Waals surface area contributed by atoms with E-state index in [1.807, 2.05) is 0 Å². The van der Waals surface area contributed by atoms with Crippen molar-refractivity contribution in [3.05, 3.63) is 99.2 Å². The minimum atomic E-state index is -1.27. The molecule has 4 aromatic rings. The molecule has 0 aliphatic rings. The van der Waals surface area contributed by atoms with Crippen LogP contribution in [0.15, 0.2) is 60.7 Å². The molecule has 0 bridgehead atoms. The van der Waals surface area contributed by atoms with Gasteiger partial charge >= 0.3 is 5.97 Å². The summed E-state index contributed by atoms with van der Waals surface area (Å²) >= 11 is 12.2. The highest BCUT2D eigenvalue weighted by molar-refractivity contribution is 6.35. The van der Waals surface area contributed by atoms with Crippen LogP contribution in [0.2, 0.25) is 10.0 Å². The van der Waals surface area contributed by atoms with Gasteiger partial charge in [-0.05, 0) is 42.0 Å². The lowest BCUT2D eigenvalue weighted by atomic mass is 10.1. The van der Waals surface area contributed by atoms with E-state index in [1.165, 1.54) is 28.9 Å². The summed E-state index contributed by atoms with van der Waals surface area (Å²) in [5.74, 6) is -5.02. The Bertz CT molecular complexity index is 1440. The van der Waals surface area contributed by atoms with Gasteiger partial charge in [0.1, 0.15) is 11.4 Å². The number of benzene rings is 3. The van der Waals surface area contributed by atoms with E-state index in [4.69, 9.17) is 28.3 Å². The Kier molecular flexibility index (Phi) is 6.72. The van der Waals surface area contributed by atoms with Gasteiger partial charge in [0.25, 0.3) is 5.91 Å². The van der Waals surface area contributed by atoms with Crippen LogP contribution >= 0.6 is 23.2 Å². The molecule has 1 aromatic heterocycles. The monoisotopic (exact) mass is 517 g/mol. The molecule has 3 aromatic carbocycles. The molecular weight excluding hydrogens is 503 g/mol. The highest BCUT2D eigenvalue weighted by Gasteiger charge is 2.20. The summed E-state index contributed by atoms with van der Waals surface area (Å²) in [7, 11) is 0. The number of aromatic carboxylic acids is 1. The fourth-order valence-electron chi connectivity index (χ4n) is 3.31. The molecule has 0 aliphatic carbocycles. The van der Waals surface area contributed by atoms with Gasteiger partial charge < -0.3 is 15.5 Å². The maximum absolute atomic E-state index is 13.6. The van der Waals surface area contributed by atoms with Crippen molar-refractivity contribution in [3.63, 3.8) is 0 Å². The molecule has 0 unspecified atom stereocenters. The van der Waals surface area contributed by atoms with Gasteiger partial charge in [0, 0.05) is 27.7 Å². The molecule has 35 heavy (non-hydrogen) atoms. The number of nitrogens with one attached hydrogen (secondary N) is 1. The van der Waals surface area contributed by atoms with E-state index in [-0.39, 0.29) is 23.5 Å². The van der Waals surface area contributed by atoms with Crippen LogP contribution in [0, 0.1) is 11.6 Å². The predicted molar refractivity (Wildman–Crippen MR) is 126 cm³/mol. The second-order valence-corrected chi connectivity index (χ2v) is 8.34. The molecule has 4 rings (SSSR count). The molecule has 3 N–H and O–H groups in total. The van der Waals surface area contributed by atoms with Gasteiger partial charge in [0.15, 0.2) is 11.6 Å². The number of nitrogens with zero attached hydrogens (tertiary/aromatic N) is 2. The van der Waals surface area contributed by atoms with Crippen LogP contribution in [0.5, 0.6) is 5.75 Å². The average molecular weight is 518 g/mol. The van der Waals surface area contributed by atoms with E-state index in [0.717, 1.165) is 0 Å². The molecule has 1 heterocycles. The van der Waals surface area contributed by atoms with Gasteiger partial charge in [0.05, 0.1) is 23.5 Å². The van der Waals surface area contributed by atoms with Crippen molar-refractivity contribution in [2.75, 3.05) is 5.32 Å². The summed E-state index contributed by atoms with van der Waals surface area (Å²) in [5.41, 5.74) is 1.28. The van der Waals surface area contributed by atoms with E-state index in [0.29, 0.717) is 39.0 Å². The van der Waals surface area contributed by atoms with Crippen LogP contribution in [0.4, 0.5) is 14.5 Å². The van der Waals surface area contributed by atoms with Crippen molar-refractivity contribution in [2.24, 2.45) is 0 Å². The number of carboxylic acid groups (broad SMARTS) is 1. The number of amides is 1. The minimum absolute atomic E-state index is 0.0162. The minimum Gasteiger partial charge on any atom is -0.506 e. The van der Waals surface area contributed by atoms with E-state index >= 15 is 0 Å². The van der Waals surface area contributed by atoms with Crippen molar-refractivity contribution in [2.45, 2.75) is 6.54 Å². The van der Waals surface area contributed by atoms with Crippen LogP contribution in [0.3, 0.4) is 0 Å². The number of carbonyl (C=O) groups excluding carboxylic acids is 1. The van der Waals surface area contributed by atoms with Crippen LogP contribution in [0.25, 0.3) is 11.3 Å². The molecule has 7 nitrogen and oxygen atoms in total. The van der Waals surface area contributed by atoms with Crippen LogP contribution in [-0.4, -0.2) is 31.9 Å². The standard InChI is InChI=1S/C24H15Cl2F2N3O4/c25-15-5-14(6-16(26)7-15)19-10-21(23(33)29-20-8-17(27)18(28)9-22(20)32)31(30-19)11-12-1-3-13(4-2-12)24(34)35/h1-10,32H,11H2,(H,29,33)(H,34,35). The number of carboxylic acids is 1. The summed E-state index contributed by atoms with van der Waals surface area (Å²) in [6.07, 6.45) is 0. The number of aromatic hydroxyl groups is 1. The first-order valence-corrected chi connectivity index (χ1v) is 10.7. The van der Waals surface area contributed by atoms with E-state index in [9.17, 15) is 23.5 Å². The second kappa shape index (κ2) is 9.73. The fraction of sp³-hybridized carbons (Fsp3) is 0.0417. The fourth-order valence-corrected chi connectivity index (χ4v) is 3.84. The summed E-state index contributed by atoms with van der Waals surface area (Å²) < 4.78 is 28.3. The van der Waals surface area contributed by atoms with Gasteiger partial charge in [-0.15, -0.1) is 0 Å². The zero-order chi connectivity index (χ0) is 25.3. The molecule has 0 radical (unpaired) electrons. The van der Waals surface area contributed by atoms with Gasteiger partial charge in [-0.25, -0.2) is 13.6 Å². The lowest BCUT2D eigenvalue weighted by Gasteiger charge is -2.10. The number of anilines is 1. The Morgan fingerprint density at radius 2 is 1.57 bits per heavy atom. The number of phenolic OH excluding ortho intramolecular Hbond substituents is 1. The van der Waals surface area contributed by atoms with Crippen molar-refractivity contribution in [1.82, 2.24) is 9.78 Å². The van der Waals surface area contributed by atoms with Crippen molar-refractivity contribution < 1.29 is 28.6 Å². The smallest absolute Gasteiger partial charge is 0.335 e. The molecule has 0 saturated heterocycles.